The van der Waals surface area contributed by atoms with Crippen molar-refractivity contribution >= 4 is 34.2 Å². The third kappa shape index (κ3) is 3.91. The number of anilines is 1. The van der Waals surface area contributed by atoms with E-state index in [-0.39, 0.29) is 6.03 Å². The molecule has 7 heteroatoms. The van der Waals surface area contributed by atoms with Crippen LogP contribution in [0.15, 0.2) is 42.6 Å². The van der Waals surface area contributed by atoms with Crippen molar-refractivity contribution in [1.29, 1.82) is 0 Å². The molecule has 0 saturated carbocycles. The zero-order chi connectivity index (χ0) is 20.4. The first kappa shape index (κ1) is 19.6. The molecular formula is C22H24ClN3O3. The van der Waals surface area contributed by atoms with Gasteiger partial charge in [0.15, 0.2) is 0 Å². The van der Waals surface area contributed by atoms with Crippen molar-refractivity contribution in [2.24, 2.45) is 0 Å². The van der Waals surface area contributed by atoms with Gasteiger partial charge in [-0.1, -0.05) is 23.7 Å². The van der Waals surface area contributed by atoms with Crippen LogP contribution in [0.4, 0.5) is 10.5 Å². The monoisotopic (exact) mass is 413 g/mol. The molecule has 2 aromatic carbocycles. The van der Waals surface area contributed by atoms with Gasteiger partial charge in [0.2, 0.25) is 0 Å². The summed E-state index contributed by atoms with van der Waals surface area (Å²) in [4.78, 5) is 14.8. The molecule has 0 unspecified atom stereocenters. The van der Waals surface area contributed by atoms with Gasteiger partial charge < -0.3 is 24.3 Å². The zero-order valence-electron chi connectivity index (χ0n) is 16.6. The second kappa shape index (κ2) is 8.35. The number of halogens is 1. The Labute approximate surface area is 175 Å². The van der Waals surface area contributed by atoms with Crippen LogP contribution in [0.1, 0.15) is 11.1 Å². The Morgan fingerprint density at radius 3 is 2.86 bits per heavy atom. The molecule has 0 aliphatic carbocycles. The van der Waals surface area contributed by atoms with Gasteiger partial charge in [-0.15, -0.1) is 0 Å². The van der Waals surface area contributed by atoms with E-state index >= 15 is 0 Å². The Kier molecular flexibility index (Phi) is 5.65. The fourth-order valence-electron chi connectivity index (χ4n) is 3.90. The summed E-state index contributed by atoms with van der Waals surface area (Å²) in [6.45, 7) is 2.67. The highest BCUT2D eigenvalue weighted by molar-refractivity contribution is 6.31. The maximum Gasteiger partial charge on any atom is 0.322 e. The van der Waals surface area contributed by atoms with E-state index in [9.17, 15) is 4.79 Å². The molecule has 3 aromatic rings. The molecule has 6 nitrogen and oxygen atoms in total. The van der Waals surface area contributed by atoms with Gasteiger partial charge in [-0.3, -0.25) is 0 Å². The summed E-state index contributed by atoms with van der Waals surface area (Å²) in [6, 6.07) is 11.3. The second-order valence-corrected chi connectivity index (χ2v) is 7.53. The molecule has 0 atom stereocenters. The minimum atomic E-state index is -0.167. The van der Waals surface area contributed by atoms with E-state index in [2.05, 4.69) is 28.2 Å². The van der Waals surface area contributed by atoms with Crippen LogP contribution in [0, 0.1) is 0 Å². The van der Waals surface area contributed by atoms with Gasteiger partial charge in [0.25, 0.3) is 0 Å². The van der Waals surface area contributed by atoms with E-state index < -0.39 is 0 Å². The molecule has 1 aliphatic heterocycles. The van der Waals surface area contributed by atoms with Crippen LogP contribution >= 0.6 is 11.6 Å². The Bertz CT molecular complexity index is 1050. The van der Waals surface area contributed by atoms with Gasteiger partial charge in [-0.05, 0) is 41.8 Å². The molecule has 1 aliphatic rings. The number of urea groups is 1. The van der Waals surface area contributed by atoms with Crippen LogP contribution < -0.4 is 10.1 Å². The highest BCUT2D eigenvalue weighted by Gasteiger charge is 2.23. The number of carbonyl (C=O) groups excluding carboxylic acids is 1. The number of nitrogens with zero attached hydrogens (tertiary/aromatic N) is 2. The fraction of sp³-hybridized carbons (Fsp3) is 0.318. The molecule has 2 heterocycles. The van der Waals surface area contributed by atoms with Crippen LogP contribution in [0.2, 0.25) is 5.02 Å². The Hall–Kier alpha value is -2.70. The number of methoxy groups -OCH3 is 2. The van der Waals surface area contributed by atoms with Crippen molar-refractivity contribution in [2.45, 2.75) is 19.5 Å². The normalized spacial score (nSPS) is 13.4. The minimum absolute atomic E-state index is 0.167. The van der Waals surface area contributed by atoms with Crippen LogP contribution in [-0.2, 0) is 24.2 Å². The molecule has 0 spiro atoms. The summed E-state index contributed by atoms with van der Waals surface area (Å²) >= 11 is 6.09. The standard InChI is InChI=1S/C22H24ClN3O3/c1-28-11-10-25-13-16-8-9-26(14-15-4-3-5-19(25)21(15)16)22(27)24-18-12-17(23)6-7-20(18)29-2/h3-7,12-13H,8-11,14H2,1-2H3,(H,24,27). The van der Waals surface area contributed by atoms with Gasteiger partial charge in [-0.25, -0.2) is 4.79 Å². The third-order valence-corrected chi connectivity index (χ3v) is 5.54. The van der Waals surface area contributed by atoms with E-state index in [1.807, 2.05) is 11.0 Å². The van der Waals surface area contributed by atoms with E-state index in [0.717, 1.165) is 18.5 Å². The molecule has 1 aromatic heterocycles. The summed E-state index contributed by atoms with van der Waals surface area (Å²) in [5, 5.41) is 4.74. The molecule has 0 fully saturated rings. The van der Waals surface area contributed by atoms with Crippen LogP contribution in [0.3, 0.4) is 0 Å². The Morgan fingerprint density at radius 1 is 1.21 bits per heavy atom. The summed E-state index contributed by atoms with van der Waals surface area (Å²) in [5.41, 5.74) is 4.17. The summed E-state index contributed by atoms with van der Waals surface area (Å²) in [6.07, 6.45) is 2.99. The fourth-order valence-corrected chi connectivity index (χ4v) is 4.07. The first-order valence-corrected chi connectivity index (χ1v) is 9.96. The summed E-state index contributed by atoms with van der Waals surface area (Å²) < 4.78 is 12.8. The number of amides is 2. The van der Waals surface area contributed by atoms with Gasteiger partial charge in [-0.2, -0.15) is 0 Å². The van der Waals surface area contributed by atoms with Crippen molar-refractivity contribution < 1.29 is 14.3 Å². The number of rotatable bonds is 5. The van der Waals surface area contributed by atoms with Gasteiger partial charge >= 0.3 is 6.03 Å². The van der Waals surface area contributed by atoms with Crippen LogP contribution in [0.25, 0.3) is 10.9 Å². The molecule has 0 saturated heterocycles. The van der Waals surface area contributed by atoms with Crippen LogP contribution in [-0.4, -0.2) is 42.9 Å². The molecule has 29 heavy (non-hydrogen) atoms. The first-order chi connectivity index (χ1) is 14.1. The second-order valence-electron chi connectivity index (χ2n) is 7.10. The summed E-state index contributed by atoms with van der Waals surface area (Å²) in [5.74, 6) is 0.579. The first-order valence-electron chi connectivity index (χ1n) is 9.58. The van der Waals surface area contributed by atoms with Gasteiger partial charge in [0, 0.05) is 48.9 Å². The molecule has 152 valence electrons. The predicted molar refractivity (Wildman–Crippen MR) is 115 cm³/mol. The molecule has 0 bridgehead atoms. The molecule has 0 radical (unpaired) electrons. The lowest BCUT2D eigenvalue weighted by Crippen LogP contribution is -2.35. The molecule has 4 rings (SSSR count). The van der Waals surface area contributed by atoms with Gasteiger partial charge in [0.1, 0.15) is 5.75 Å². The number of hydrogen-bond acceptors (Lipinski definition) is 3. The van der Waals surface area contributed by atoms with E-state index in [1.54, 1.807) is 32.4 Å². The number of nitrogens with one attached hydrogen (secondary N) is 1. The topological polar surface area (TPSA) is 55.7 Å². The lowest BCUT2D eigenvalue weighted by Gasteiger charge is -2.22. The quantitative estimate of drug-likeness (QED) is 0.668. The van der Waals surface area contributed by atoms with Crippen LogP contribution in [0.5, 0.6) is 5.75 Å². The largest absolute Gasteiger partial charge is 0.495 e. The average molecular weight is 414 g/mol. The lowest BCUT2D eigenvalue weighted by molar-refractivity contribution is 0.188. The zero-order valence-corrected chi connectivity index (χ0v) is 17.3. The number of benzene rings is 2. The molecular weight excluding hydrogens is 390 g/mol. The van der Waals surface area contributed by atoms with Crippen molar-refractivity contribution in [3.8, 4) is 5.75 Å². The maximum absolute atomic E-state index is 13.0. The number of aromatic nitrogens is 1. The molecule has 1 N–H and O–H groups in total. The van der Waals surface area contributed by atoms with E-state index in [1.165, 1.54) is 16.5 Å². The Balaban J connectivity index is 1.59. The van der Waals surface area contributed by atoms with E-state index in [0.29, 0.717) is 36.2 Å². The number of carbonyl (C=O) groups is 1. The Morgan fingerprint density at radius 2 is 2.07 bits per heavy atom. The smallest absolute Gasteiger partial charge is 0.322 e. The minimum Gasteiger partial charge on any atom is -0.495 e. The maximum atomic E-state index is 13.0. The van der Waals surface area contributed by atoms with Crippen molar-refractivity contribution in [3.05, 3.63) is 58.7 Å². The number of hydrogen-bond donors (Lipinski definition) is 1. The highest BCUT2D eigenvalue weighted by Crippen LogP contribution is 2.31. The van der Waals surface area contributed by atoms with Crippen molar-refractivity contribution in [2.75, 3.05) is 32.7 Å². The third-order valence-electron chi connectivity index (χ3n) is 5.31. The highest BCUT2D eigenvalue weighted by atomic mass is 35.5. The van der Waals surface area contributed by atoms with Gasteiger partial charge in [0.05, 0.1) is 19.4 Å². The lowest BCUT2D eigenvalue weighted by atomic mass is 10.1. The average Bonchev–Trinajstić information content (AvgIpc) is 2.96. The molecule has 2 amide bonds. The SMILES string of the molecule is COCCn1cc2c3c(cccc31)CN(C(=O)Nc1cc(Cl)ccc1OC)CC2. The summed E-state index contributed by atoms with van der Waals surface area (Å²) in [7, 11) is 3.29. The number of ether oxygens (including phenoxy) is 2. The van der Waals surface area contributed by atoms with E-state index in [4.69, 9.17) is 21.1 Å². The van der Waals surface area contributed by atoms with Crippen molar-refractivity contribution in [1.82, 2.24) is 9.47 Å². The predicted octanol–water partition coefficient (Wildman–Crippen LogP) is 4.54. The van der Waals surface area contributed by atoms with Crippen molar-refractivity contribution in [3.63, 3.8) is 0 Å².